The summed E-state index contributed by atoms with van der Waals surface area (Å²) >= 11 is 0. The van der Waals surface area contributed by atoms with Crippen molar-refractivity contribution in [2.45, 2.75) is 110 Å². The number of allylic oxidation sites excluding steroid dienone is 2. The van der Waals surface area contributed by atoms with Gasteiger partial charge in [0.25, 0.3) is 0 Å². The minimum absolute atomic E-state index is 0.860. The number of hydrogen-bond donors (Lipinski definition) is 0. The van der Waals surface area contributed by atoms with Crippen LogP contribution in [0.25, 0.3) is 0 Å². The summed E-state index contributed by atoms with van der Waals surface area (Å²) < 4.78 is 6.82. The highest BCUT2D eigenvalue weighted by molar-refractivity contribution is 4.81. The SMILES string of the molecule is CCCCCCCC/C=C\CCCCCCCCOC[N+](C)(C)CCC. The summed E-state index contributed by atoms with van der Waals surface area (Å²) in [6, 6.07) is 0. The molecular weight excluding hydrogens is 318 g/mol. The van der Waals surface area contributed by atoms with E-state index in [-0.39, 0.29) is 0 Å². The number of nitrogens with zero attached hydrogens (tertiary/aromatic N) is 1. The van der Waals surface area contributed by atoms with E-state index in [9.17, 15) is 0 Å². The van der Waals surface area contributed by atoms with Gasteiger partial charge >= 0.3 is 0 Å². The molecule has 0 aromatic heterocycles. The number of hydrogen-bond acceptors (Lipinski definition) is 1. The first-order valence-electron chi connectivity index (χ1n) is 11.7. The summed E-state index contributed by atoms with van der Waals surface area (Å²) in [7, 11) is 4.51. The van der Waals surface area contributed by atoms with Gasteiger partial charge in [0.2, 0.25) is 0 Å². The van der Waals surface area contributed by atoms with Gasteiger partial charge in [-0.15, -0.1) is 0 Å². The molecule has 0 saturated heterocycles. The van der Waals surface area contributed by atoms with Crippen LogP contribution in [0.3, 0.4) is 0 Å². The van der Waals surface area contributed by atoms with Crippen LogP contribution in [-0.4, -0.2) is 38.5 Å². The third kappa shape index (κ3) is 20.0. The van der Waals surface area contributed by atoms with E-state index in [1.54, 1.807) is 0 Å². The van der Waals surface area contributed by atoms with Gasteiger partial charge in [-0.05, 0) is 38.5 Å². The van der Waals surface area contributed by atoms with Gasteiger partial charge in [0.1, 0.15) is 0 Å². The highest BCUT2D eigenvalue weighted by Crippen LogP contribution is 2.10. The van der Waals surface area contributed by atoms with Crippen molar-refractivity contribution in [1.82, 2.24) is 0 Å². The number of quaternary nitrogens is 1. The van der Waals surface area contributed by atoms with E-state index in [1.165, 1.54) is 103 Å². The lowest BCUT2D eigenvalue weighted by Crippen LogP contribution is -2.42. The van der Waals surface area contributed by atoms with Crippen molar-refractivity contribution in [2.24, 2.45) is 0 Å². The molecule has 0 aliphatic heterocycles. The van der Waals surface area contributed by atoms with Crippen LogP contribution in [0.2, 0.25) is 0 Å². The molecule has 0 rings (SSSR count). The Morgan fingerprint density at radius 2 is 1.12 bits per heavy atom. The second-order valence-electron chi connectivity index (χ2n) is 8.63. The van der Waals surface area contributed by atoms with Gasteiger partial charge in [-0.3, -0.25) is 0 Å². The molecule has 0 saturated carbocycles. The van der Waals surface area contributed by atoms with E-state index in [0.29, 0.717) is 0 Å². The van der Waals surface area contributed by atoms with Crippen molar-refractivity contribution in [3.8, 4) is 0 Å². The van der Waals surface area contributed by atoms with Gasteiger partial charge in [0.15, 0.2) is 6.73 Å². The Labute approximate surface area is 166 Å². The van der Waals surface area contributed by atoms with E-state index in [2.05, 4.69) is 40.1 Å². The van der Waals surface area contributed by atoms with Crippen molar-refractivity contribution in [3.63, 3.8) is 0 Å². The molecule has 0 bridgehead atoms. The average Bonchev–Trinajstić information content (AvgIpc) is 2.60. The average molecular weight is 369 g/mol. The number of unbranched alkanes of at least 4 members (excludes halogenated alkanes) is 12. The topological polar surface area (TPSA) is 9.23 Å². The number of ether oxygens (including phenoxy) is 1. The van der Waals surface area contributed by atoms with Crippen LogP contribution in [0.4, 0.5) is 0 Å². The molecule has 0 aromatic carbocycles. The summed E-state index contributed by atoms with van der Waals surface area (Å²) in [4.78, 5) is 0. The second-order valence-corrected chi connectivity index (χ2v) is 8.63. The molecular formula is C24H50NO+. The molecule has 0 unspecified atom stereocenters. The first-order valence-corrected chi connectivity index (χ1v) is 11.7. The molecule has 0 fully saturated rings. The van der Waals surface area contributed by atoms with E-state index >= 15 is 0 Å². The monoisotopic (exact) mass is 368 g/mol. The fourth-order valence-corrected chi connectivity index (χ4v) is 3.43. The van der Waals surface area contributed by atoms with Gasteiger partial charge in [-0.25, -0.2) is 0 Å². The predicted molar refractivity (Wildman–Crippen MR) is 118 cm³/mol. The highest BCUT2D eigenvalue weighted by Gasteiger charge is 2.12. The predicted octanol–water partition coefficient (Wildman–Crippen LogP) is 7.48. The zero-order chi connectivity index (χ0) is 19.3. The van der Waals surface area contributed by atoms with Crippen LogP contribution in [0.1, 0.15) is 110 Å². The van der Waals surface area contributed by atoms with Gasteiger partial charge in [-0.2, -0.15) is 0 Å². The van der Waals surface area contributed by atoms with Crippen LogP contribution in [0, 0.1) is 0 Å². The van der Waals surface area contributed by atoms with Crippen LogP contribution in [0.5, 0.6) is 0 Å². The molecule has 0 aliphatic rings. The van der Waals surface area contributed by atoms with Gasteiger partial charge in [0.05, 0.1) is 27.2 Å². The van der Waals surface area contributed by atoms with Gasteiger partial charge in [0, 0.05) is 0 Å². The fourth-order valence-electron chi connectivity index (χ4n) is 3.43. The number of rotatable bonds is 20. The Morgan fingerprint density at radius 1 is 0.615 bits per heavy atom. The highest BCUT2D eigenvalue weighted by atomic mass is 16.5. The normalized spacial score (nSPS) is 12.3. The molecule has 0 N–H and O–H groups in total. The van der Waals surface area contributed by atoms with Crippen molar-refractivity contribution in [2.75, 3.05) is 34.0 Å². The van der Waals surface area contributed by atoms with Crippen LogP contribution in [0.15, 0.2) is 12.2 Å². The standard InChI is InChI=1S/C24H50NO/c1-5-7-8-9-10-11-12-13-14-15-16-17-18-19-20-21-23-26-24-25(3,4)22-6-2/h13-14H,5-12,15-24H2,1-4H3/q+1/b14-13-. The quantitative estimate of drug-likeness (QED) is 0.0936. The third-order valence-electron chi connectivity index (χ3n) is 5.07. The molecule has 26 heavy (non-hydrogen) atoms. The van der Waals surface area contributed by atoms with Crippen molar-refractivity contribution >= 4 is 0 Å². The summed E-state index contributed by atoms with van der Waals surface area (Å²) in [5, 5.41) is 0. The molecule has 0 radical (unpaired) electrons. The summed E-state index contributed by atoms with van der Waals surface area (Å²) in [5.74, 6) is 0. The summed E-state index contributed by atoms with van der Waals surface area (Å²) in [6.07, 6.45) is 25.1. The lowest BCUT2D eigenvalue weighted by Gasteiger charge is -2.28. The van der Waals surface area contributed by atoms with Crippen molar-refractivity contribution in [3.05, 3.63) is 12.2 Å². The molecule has 0 heterocycles. The second kappa shape index (κ2) is 19.4. The van der Waals surface area contributed by atoms with E-state index in [1.807, 2.05) is 0 Å². The zero-order valence-corrected chi connectivity index (χ0v) is 18.7. The Balaban J connectivity index is 3.18. The van der Waals surface area contributed by atoms with Crippen LogP contribution < -0.4 is 0 Å². The minimum atomic E-state index is 0.860. The molecule has 2 nitrogen and oxygen atoms in total. The Bertz CT molecular complexity index is 299. The summed E-state index contributed by atoms with van der Waals surface area (Å²) in [5.41, 5.74) is 0. The zero-order valence-electron chi connectivity index (χ0n) is 18.7. The maximum absolute atomic E-state index is 5.83. The molecule has 0 aromatic rings. The molecule has 0 amide bonds. The van der Waals surface area contributed by atoms with E-state index in [0.717, 1.165) is 17.8 Å². The van der Waals surface area contributed by atoms with Crippen molar-refractivity contribution < 1.29 is 9.22 Å². The Kier molecular flexibility index (Phi) is 19.2. The van der Waals surface area contributed by atoms with Gasteiger partial charge < -0.3 is 9.22 Å². The Hall–Kier alpha value is -0.340. The van der Waals surface area contributed by atoms with E-state index in [4.69, 9.17) is 4.74 Å². The summed E-state index contributed by atoms with van der Waals surface area (Å²) in [6.45, 7) is 7.52. The maximum Gasteiger partial charge on any atom is 0.182 e. The van der Waals surface area contributed by atoms with Gasteiger partial charge in [-0.1, -0.05) is 83.8 Å². The smallest absolute Gasteiger partial charge is 0.182 e. The minimum Gasteiger partial charge on any atom is -0.332 e. The fraction of sp³-hybridized carbons (Fsp3) is 0.917. The third-order valence-corrected chi connectivity index (χ3v) is 5.07. The lowest BCUT2D eigenvalue weighted by molar-refractivity contribution is -0.909. The molecule has 2 heteroatoms. The molecule has 0 spiro atoms. The Morgan fingerprint density at radius 3 is 1.65 bits per heavy atom. The molecule has 0 atom stereocenters. The first kappa shape index (κ1) is 25.7. The molecule has 156 valence electrons. The largest absolute Gasteiger partial charge is 0.332 e. The van der Waals surface area contributed by atoms with Crippen LogP contribution in [-0.2, 0) is 4.74 Å². The van der Waals surface area contributed by atoms with E-state index < -0.39 is 0 Å². The van der Waals surface area contributed by atoms with Crippen molar-refractivity contribution in [1.29, 1.82) is 0 Å². The lowest BCUT2D eigenvalue weighted by atomic mass is 10.1. The molecule has 0 aliphatic carbocycles. The van der Waals surface area contributed by atoms with Crippen LogP contribution >= 0.6 is 0 Å². The maximum atomic E-state index is 5.83. The first-order chi connectivity index (χ1) is 12.6.